The minimum Gasteiger partial charge on any atom is -0.396 e. The van der Waals surface area contributed by atoms with Crippen LogP contribution in [0, 0.1) is 11.8 Å². The van der Waals surface area contributed by atoms with Crippen LogP contribution in [0.4, 0.5) is 0 Å². The average molecular weight is 128 g/mol. The third-order valence-corrected chi connectivity index (χ3v) is 2.46. The third kappa shape index (κ3) is 0.775. The van der Waals surface area contributed by atoms with Gasteiger partial charge in [-0.15, -0.1) is 0 Å². The molecule has 1 N–H and O–H groups in total. The summed E-state index contributed by atoms with van der Waals surface area (Å²) in [6.07, 6.45) is 2.90. The van der Waals surface area contributed by atoms with E-state index in [4.69, 9.17) is 9.84 Å². The van der Waals surface area contributed by atoms with Crippen molar-refractivity contribution in [3.8, 4) is 0 Å². The van der Waals surface area contributed by atoms with Crippen LogP contribution >= 0.6 is 0 Å². The van der Waals surface area contributed by atoms with E-state index >= 15 is 0 Å². The molecule has 2 fully saturated rings. The highest BCUT2D eigenvalue weighted by Crippen LogP contribution is 2.47. The maximum Gasteiger partial charge on any atom is 0.0661 e. The summed E-state index contributed by atoms with van der Waals surface area (Å²) in [5, 5.41) is 8.76. The second-order valence-electron chi connectivity index (χ2n) is 2.99. The zero-order chi connectivity index (χ0) is 6.27. The molecule has 1 saturated heterocycles. The SMILES string of the molecule is OC[C@H]1[C@@H]2CCCO[C@@H]12. The fourth-order valence-corrected chi connectivity index (χ4v) is 1.81. The molecule has 2 rings (SSSR count). The van der Waals surface area contributed by atoms with Crippen LogP contribution in [0.1, 0.15) is 12.8 Å². The van der Waals surface area contributed by atoms with Gasteiger partial charge in [-0.05, 0) is 18.8 Å². The molecule has 0 unspecified atom stereocenters. The van der Waals surface area contributed by atoms with Gasteiger partial charge in [-0.2, -0.15) is 0 Å². The molecule has 2 nitrogen and oxygen atoms in total. The van der Waals surface area contributed by atoms with Crippen LogP contribution in [0.5, 0.6) is 0 Å². The number of aliphatic hydroxyl groups excluding tert-OH is 1. The molecule has 0 amide bonds. The Morgan fingerprint density at radius 2 is 2.44 bits per heavy atom. The largest absolute Gasteiger partial charge is 0.396 e. The first-order valence-electron chi connectivity index (χ1n) is 3.66. The topological polar surface area (TPSA) is 29.5 Å². The summed E-state index contributed by atoms with van der Waals surface area (Å²) in [6, 6.07) is 0. The number of hydrogen-bond donors (Lipinski definition) is 1. The van der Waals surface area contributed by atoms with Gasteiger partial charge in [0.2, 0.25) is 0 Å². The Morgan fingerprint density at radius 1 is 1.56 bits per heavy atom. The monoisotopic (exact) mass is 128 g/mol. The molecule has 1 saturated carbocycles. The molecular weight excluding hydrogens is 116 g/mol. The quantitative estimate of drug-likeness (QED) is 0.554. The van der Waals surface area contributed by atoms with Crippen LogP contribution in [0.25, 0.3) is 0 Å². The first-order chi connectivity index (χ1) is 4.43. The van der Waals surface area contributed by atoms with Gasteiger partial charge in [0, 0.05) is 19.1 Å². The molecule has 1 aliphatic carbocycles. The number of aliphatic hydroxyl groups is 1. The predicted molar refractivity (Wildman–Crippen MR) is 33.0 cm³/mol. The van der Waals surface area contributed by atoms with E-state index in [1.807, 2.05) is 0 Å². The van der Waals surface area contributed by atoms with E-state index < -0.39 is 0 Å². The van der Waals surface area contributed by atoms with Gasteiger partial charge in [0.1, 0.15) is 0 Å². The summed E-state index contributed by atoms with van der Waals surface area (Å²) in [6.45, 7) is 1.24. The van der Waals surface area contributed by atoms with Crippen molar-refractivity contribution < 1.29 is 9.84 Å². The molecule has 0 bridgehead atoms. The summed E-state index contributed by atoms with van der Waals surface area (Å²) in [7, 11) is 0. The first-order valence-corrected chi connectivity index (χ1v) is 3.66. The first kappa shape index (κ1) is 5.69. The van der Waals surface area contributed by atoms with Gasteiger partial charge in [-0.25, -0.2) is 0 Å². The molecule has 3 atom stereocenters. The van der Waals surface area contributed by atoms with Gasteiger partial charge >= 0.3 is 0 Å². The van der Waals surface area contributed by atoms with Crippen LogP contribution in [-0.4, -0.2) is 24.4 Å². The van der Waals surface area contributed by atoms with Crippen LogP contribution < -0.4 is 0 Å². The Labute approximate surface area is 54.8 Å². The predicted octanol–water partition coefficient (Wildman–Crippen LogP) is 0.404. The van der Waals surface area contributed by atoms with Gasteiger partial charge in [0.05, 0.1) is 6.10 Å². The van der Waals surface area contributed by atoms with Gasteiger partial charge in [-0.1, -0.05) is 0 Å². The molecular formula is C7H12O2. The van der Waals surface area contributed by atoms with E-state index in [1.54, 1.807) is 0 Å². The summed E-state index contributed by atoms with van der Waals surface area (Å²) >= 11 is 0. The zero-order valence-electron chi connectivity index (χ0n) is 5.42. The molecule has 9 heavy (non-hydrogen) atoms. The Hall–Kier alpha value is -0.0800. The van der Waals surface area contributed by atoms with E-state index in [1.165, 1.54) is 12.8 Å². The van der Waals surface area contributed by atoms with Gasteiger partial charge in [0.25, 0.3) is 0 Å². The molecule has 0 radical (unpaired) electrons. The van der Waals surface area contributed by atoms with Crippen molar-refractivity contribution in [3.05, 3.63) is 0 Å². The fourth-order valence-electron chi connectivity index (χ4n) is 1.81. The molecule has 1 heterocycles. The van der Waals surface area contributed by atoms with Crippen molar-refractivity contribution >= 4 is 0 Å². The van der Waals surface area contributed by atoms with Gasteiger partial charge in [-0.3, -0.25) is 0 Å². The maximum atomic E-state index is 8.76. The Bertz CT molecular complexity index is 94.7. The van der Waals surface area contributed by atoms with Crippen molar-refractivity contribution in [2.45, 2.75) is 18.9 Å². The summed E-state index contributed by atoms with van der Waals surface area (Å²) in [5.74, 6) is 1.20. The van der Waals surface area contributed by atoms with Crippen LogP contribution in [0.3, 0.4) is 0 Å². The van der Waals surface area contributed by atoms with Crippen molar-refractivity contribution in [3.63, 3.8) is 0 Å². The Kier molecular flexibility index (Phi) is 1.24. The molecule has 2 heteroatoms. The lowest BCUT2D eigenvalue weighted by molar-refractivity contribution is 0.0716. The van der Waals surface area contributed by atoms with Crippen molar-refractivity contribution in [2.24, 2.45) is 11.8 Å². The van der Waals surface area contributed by atoms with E-state index in [9.17, 15) is 0 Å². The molecule has 1 aliphatic heterocycles. The lowest BCUT2D eigenvalue weighted by Crippen LogP contribution is -2.06. The van der Waals surface area contributed by atoms with Crippen molar-refractivity contribution in [1.29, 1.82) is 0 Å². The van der Waals surface area contributed by atoms with E-state index in [2.05, 4.69) is 0 Å². The highest BCUT2D eigenvalue weighted by atomic mass is 16.5. The zero-order valence-corrected chi connectivity index (χ0v) is 5.42. The minimum absolute atomic E-state index is 0.329. The molecule has 0 aromatic rings. The number of rotatable bonds is 1. The summed E-state index contributed by atoms with van der Waals surface area (Å²) in [4.78, 5) is 0. The second kappa shape index (κ2) is 1.96. The van der Waals surface area contributed by atoms with E-state index in [0.29, 0.717) is 24.5 Å². The highest BCUT2D eigenvalue weighted by Gasteiger charge is 2.51. The lowest BCUT2D eigenvalue weighted by Gasteiger charge is -2.07. The molecule has 0 aromatic heterocycles. The third-order valence-electron chi connectivity index (χ3n) is 2.46. The molecule has 52 valence electrons. The van der Waals surface area contributed by atoms with Crippen molar-refractivity contribution in [1.82, 2.24) is 0 Å². The number of fused-ring (bicyclic) bond motifs is 1. The smallest absolute Gasteiger partial charge is 0.0661 e. The van der Waals surface area contributed by atoms with Gasteiger partial charge in [0.15, 0.2) is 0 Å². The Balaban J connectivity index is 1.91. The molecule has 0 aromatic carbocycles. The van der Waals surface area contributed by atoms with Crippen LogP contribution in [0.15, 0.2) is 0 Å². The maximum absolute atomic E-state index is 8.76. The lowest BCUT2D eigenvalue weighted by atomic mass is 10.2. The standard InChI is InChI=1S/C7H12O2/c8-4-6-5-2-1-3-9-7(5)6/h5-8H,1-4H2/t5-,6-,7+/m0/s1. The van der Waals surface area contributed by atoms with Crippen LogP contribution in [-0.2, 0) is 4.74 Å². The van der Waals surface area contributed by atoms with Crippen LogP contribution in [0.2, 0.25) is 0 Å². The van der Waals surface area contributed by atoms with E-state index in [0.717, 1.165) is 6.61 Å². The van der Waals surface area contributed by atoms with Crippen molar-refractivity contribution in [2.75, 3.05) is 13.2 Å². The normalized spacial score (nSPS) is 48.3. The molecule has 2 aliphatic rings. The Morgan fingerprint density at radius 3 is 3.00 bits per heavy atom. The fraction of sp³-hybridized carbons (Fsp3) is 1.00. The molecule has 0 spiro atoms. The summed E-state index contributed by atoms with van der Waals surface area (Å²) < 4.78 is 5.40. The van der Waals surface area contributed by atoms with E-state index in [-0.39, 0.29) is 0 Å². The highest BCUT2D eigenvalue weighted by molar-refractivity contribution is 4.99. The summed E-state index contributed by atoms with van der Waals surface area (Å²) in [5.41, 5.74) is 0. The van der Waals surface area contributed by atoms with Gasteiger partial charge < -0.3 is 9.84 Å². The number of hydrogen-bond acceptors (Lipinski definition) is 2. The minimum atomic E-state index is 0.329. The average Bonchev–Trinajstić information content (AvgIpc) is 2.60. The number of ether oxygens (including phenoxy) is 1. The second-order valence-corrected chi connectivity index (χ2v) is 2.99.